The molecule has 0 aliphatic carbocycles. The number of nitrogens with zero attached hydrogens (tertiary/aromatic N) is 3. The molecule has 7 heteroatoms. The van der Waals surface area contributed by atoms with Crippen LogP contribution in [0.15, 0.2) is 30.5 Å². The van der Waals surface area contributed by atoms with Crippen LogP contribution >= 0.6 is 11.6 Å². The van der Waals surface area contributed by atoms with E-state index in [9.17, 15) is 4.79 Å². The van der Waals surface area contributed by atoms with Crippen LogP contribution in [-0.2, 0) is 11.3 Å². The fourth-order valence-corrected chi connectivity index (χ4v) is 3.43. The van der Waals surface area contributed by atoms with Gasteiger partial charge >= 0.3 is 0 Å². The Morgan fingerprint density at radius 1 is 1.42 bits per heavy atom. The number of hydrogen-bond donors (Lipinski definition) is 1. The molecule has 0 bridgehead atoms. The zero-order valence-electron chi connectivity index (χ0n) is 15.2. The third kappa shape index (κ3) is 4.56. The van der Waals surface area contributed by atoms with Gasteiger partial charge in [0.2, 0.25) is 0 Å². The van der Waals surface area contributed by atoms with Crippen molar-refractivity contribution >= 4 is 23.2 Å². The van der Waals surface area contributed by atoms with Crippen molar-refractivity contribution in [3.63, 3.8) is 0 Å². The van der Waals surface area contributed by atoms with Crippen molar-refractivity contribution in [2.45, 2.75) is 19.9 Å². The Balaban J connectivity index is 1.50. The van der Waals surface area contributed by atoms with Crippen LogP contribution in [0, 0.1) is 12.8 Å². The van der Waals surface area contributed by atoms with Crippen LogP contribution < -0.4 is 10.2 Å². The maximum absolute atomic E-state index is 12.3. The van der Waals surface area contributed by atoms with E-state index >= 15 is 0 Å². The fraction of sp³-hybridized carbons (Fsp3) is 0.474. The first kappa shape index (κ1) is 18.7. The Kier molecular flexibility index (Phi) is 6.16. The topological polar surface area (TPSA) is 59.4 Å². The average molecular weight is 377 g/mol. The number of nitrogens with one attached hydrogen (secondary N) is 1. The standard InChI is InChI=1S/C19H25ClN4O2/c1-14-3-4-16(20)11-18(14)23-7-5-15(13-23)12-21-19(25)17-6-8-24(22-17)9-10-26-2/h3-4,6,8,11,15H,5,7,9-10,12-13H2,1-2H3,(H,21,25). The molecule has 1 saturated heterocycles. The summed E-state index contributed by atoms with van der Waals surface area (Å²) in [7, 11) is 1.65. The quantitative estimate of drug-likeness (QED) is 0.807. The van der Waals surface area contributed by atoms with Gasteiger partial charge < -0.3 is 15.0 Å². The molecule has 1 aromatic carbocycles. The molecule has 2 aromatic rings. The highest BCUT2D eigenvalue weighted by atomic mass is 35.5. The second kappa shape index (κ2) is 8.56. The summed E-state index contributed by atoms with van der Waals surface area (Å²) in [5, 5.41) is 8.04. The highest BCUT2D eigenvalue weighted by Gasteiger charge is 2.24. The smallest absolute Gasteiger partial charge is 0.271 e. The van der Waals surface area contributed by atoms with Crippen molar-refractivity contribution in [3.05, 3.63) is 46.7 Å². The second-order valence-electron chi connectivity index (χ2n) is 6.70. The molecule has 0 radical (unpaired) electrons. The minimum absolute atomic E-state index is 0.126. The average Bonchev–Trinajstić information content (AvgIpc) is 3.29. The summed E-state index contributed by atoms with van der Waals surface area (Å²) >= 11 is 6.14. The minimum Gasteiger partial charge on any atom is -0.383 e. The normalized spacial score (nSPS) is 16.9. The zero-order valence-corrected chi connectivity index (χ0v) is 16.0. The van der Waals surface area contributed by atoms with Crippen LogP contribution in [0.5, 0.6) is 0 Å². The molecular weight excluding hydrogens is 352 g/mol. The third-order valence-electron chi connectivity index (χ3n) is 4.75. The monoisotopic (exact) mass is 376 g/mol. The summed E-state index contributed by atoms with van der Waals surface area (Å²) in [4.78, 5) is 14.6. The molecule has 1 unspecified atom stereocenters. The Morgan fingerprint density at radius 2 is 2.27 bits per heavy atom. The molecule has 1 aromatic heterocycles. The number of anilines is 1. The molecule has 1 amide bonds. The van der Waals surface area contributed by atoms with E-state index < -0.39 is 0 Å². The first-order chi connectivity index (χ1) is 12.6. The number of carbonyl (C=O) groups is 1. The SMILES string of the molecule is COCCn1ccc(C(=O)NCC2CCN(c3cc(Cl)ccc3C)C2)n1. The lowest BCUT2D eigenvalue weighted by Crippen LogP contribution is -2.31. The summed E-state index contributed by atoms with van der Waals surface area (Å²) in [6, 6.07) is 7.72. The van der Waals surface area contributed by atoms with Crippen LogP contribution in [0.1, 0.15) is 22.5 Å². The molecular formula is C19H25ClN4O2. The largest absolute Gasteiger partial charge is 0.383 e. The molecule has 0 saturated carbocycles. The minimum atomic E-state index is -0.126. The number of amides is 1. The van der Waals surface area contributed by atoms with Gasteiger partial charge in [-0.2, -0.15) is 5.10 Å². The van der Waals surface area contributed by atoms with Gasteiger partial charge in [-0.15, -0.1) is 0 Å². The van der Waals surface area contributed by atoms with Gasteiger partial charge in [0.05, 0.1) is 13.2 Å². The van der Waals surface area contributed by atoms with Gasteiger partial charge in [0, 0.05) is 43.7 Å². The molecule has 1 aliphatic rings. The summed E-state index contributed by atoms with van der Waals surface area (Å²) < 4.78 is 6.74. The summed E-state index contributed by atoms with van der Waals surface area (Å²) in [5.74, 6) is 0.298. The van der Waals surface area contributed by atoms with E-state index in [1.807, 2.05) is 18.2 Å². The molecule has 1 N–H and O–H groups in total. The van der Waals surface area contributed by atoms with Gasteiger partial charge in [0.15, 0.2) is 0 Å². The second-order valence-corrected chi connectivity index (χ2v) is 7.13. The lowest BCUT2D eigenvalue weighted by Gasteiger charge is -2.21. The molecule has 2 heterocycles. The first-order valence-electron chi connectivity index (χ1n) is 8.88. The number of hydrogen-bond acceptors (Lipinski definition) is 4. The van der Waals surface area contributed by atoms with Gasteiger partial charge in [-0.05, 0) is 43.0 Å². The lowest BCUT2D eigenvalue weighted by atomic mass is 10.1. The van der Waals surface area contributed by atoms with Crippen LogP contribution in [0.2, 0.25) is 5.02 Å². The number of aromatic nitrogens is 2. The van der Waals surface area contributed by atoms with E-state index in [-0.39, 0.29) is 5.91 Å². The molecule has 3 rings (SSSR count). The van der Waals surface area contributed by atoms with Gasteiger partial charge in [-0.1, -0.05) is 17.7 Å². The number of methoxy groups -OCH3 is 1. The number of benzene rings is 1. The Labute approximate surface area is 159 Å². The predicted octanol–water partition coefficient (Wildman–Crippen LogP) is 2.75. The van der Waals surface area contributed by atoms with E-state index in [0.29, 0.717) is 31.3 Å². The number of carbonyl (C=O) groups excluding carboxylic acids is 1. The third-order valence-corrected chi connectivity index (χ3v) is 4.98. The Morgan fingerprint density at radius 3 is 3.08 bits per heavy atom. The van der Waals surface area contributed by atoms with Crippen molar-refractivity contribution in [1.82, 2.24) is 15.1 Å². The van der Waals surface area contributed by atoms with Crippen LogP contribution in [0.3, 0.4) is 0 Å². The van der Waals surface area contributed by atoms with Crippen LogP contribution in [0.4, 0.5) is 5.69 Å². The van der Waals surface area contributed by atoms with Crippen molar-refractivity contribution in [1.29, 1.82) is 0 Å². The lowest BCUT2D eigenvalue weighted by molar-refractivity contribution is 0.0941. The molecule has 0 spiro atoms. The first-order valence-corrected chi connectivity index (χ1v) is 9.26. The Hall–Kier alpha value is -2.05. The number of aryl methyl sites for hydroxylation is 1. The van der Waals surface area contributed by atoms with Gasteiger partial charge in [0.1, 0.15) is 5.69 Å². The summed E-state index contributed by atoms with van der Waals surface area (Å²) in [6.45, 7) is 5.86. The maximum atomic E-state index is 12.3. The van der Waals surface area contributed by atoms with Crippen molar-refractivity contribution < 1.29 is 9.53 Å². The molecule has 6 nitrogen and oxygen atoms in total. The molecule has 1 fully saturated rings. The van der Waals surface area contributed by atoms with Crippen molar-refractivity contribution in [3.8, 4) is 0 Å². The van der Waals surface area contributed by atoms with Crippen LogP contribution in [0.25, 0.3) is 0 Å². The Bertz CT molecular complexity index is 762. The summed E-state index contributed by atoms with van der Waals surface area (Å²) in [6.07, 6.45) is 2.85. The van der Waals surface area contributed by atoms with E-state index in [1.54, 1.807) is 24.1 Å². The van der Waals surface area contributed by atoms with E-state index in [1.165, 1.54) is 11.3 Å². The van der Waals surface area contributed by atoms with Crippen molar-refractivity contribution in [2.75, 3.05) is 38.3 Å². The highest BCUT2D eigenvalue weighted by Crippen LogP contribution is 2.29. The zero-order chi connectivity index (χ0) is 18.5. The predicted molar refractivity (Wildman–Crippen MR) is 103 cm³/mol. The molecule has 1 aliphatic heterocycles. The molecule has 1 atom stereocenters. The van der Waals surface area contributed by atoms with Gasteiger partial charge in [-0.3, -0.25) is 9.48 Å². The number of rotatable bonds is 7. The van der Waals surface area contributed by atoms with Gasteiger partial charge in [0.25, 0.3) is 5.91 Å². The fourth-order valence-electron chi connectivity index (χ4n) is 3.26. The van der Waals surface area contributed by atoms with Crippen LogP contribution in [-0.4, -0.2) is 49.0 Å². The molecule has 140 valence electrons. The van der Waals surface area contributed by atoms with E-state index in [2.05, 4.69) is 22.2 Å². The van der Waals surface area contributed by atoms with E-state index in [4.69, 9.17) is 16.3 Å². The summed E-state index contributed by atoms with van der Waals surface area (Å²) in [5.41, 5.74) is 2.85. The highest BCUT2D eigenvalue weighted by molar-refractivity contribution is 6.30. The number of ether oxygens (including phenoxy) is 1. The van der Waals surface area contributed by atoms with Crippen molar-refractivity contribution in [2.24, 2.45) is 5.92 Å². The molecule has 26 heavy (non-hydrogen) atoms. The maximum Gasteiger partial charge on any atom is 0.271 e. The van der Waals surface area contributed by atoms with Gasteiger partial charge in [-0.25, -0.2) is 0 Å². The number of halogens is 1. The van der Waals surface area contributed by atoms with E-state index in [0.717, 1.165) is 24.5 Å².